The highest BCUT2D eigenvalue weighted by Gasteiger charge is 2.03. The van der Waals surface area contributed by atoms with Crippen molar-refractivity contribution in [3.05, 3.63) is 47.2 Å². The zero-order valence-corrected chi connectivity index (χ0v) is 10.7. The van der Waals surface area contributed by atoms with Gasteiger partial charge in [0, 0.05) is 6.07 Å². The summed E-state index contributed by atoms with van der Waals surface area (Å²) in [6, 6.07) is 9.63. The van der Waals surface area contributed by atoms with E-state index in [-0.39, 0.29) is 12.4 Å². The molecule has 0 aliphatic carbocycles. The Kier molecular flexibility index (Phi) is 4.61. The summed E-state index contributed by atoms with van der Waals surface area (Å²) >= 11 is 0. The summed E-state index contributed by atoms with van der Waals surface area (Å²) in [4.78, 5) is 0. The molecule has 0 unspecified atom stereocenters. The van der Waals surface area contributed by atoms with Crippen LogP contribution in [0.25, 0.3) is 0 Å². The van der Waals surface area contributed by atoms with E-state index in [1.54, 1.807) is 6.07 Å². The molecule has 0 saturated heterocycles. The SMILES string of the molecule is Cc1cc(C)cc(Oc2ccc(CN)o2)c1.Cl. The molecule has 4 heteroatoms. The highest BCUT2D eigenvalue weighted by atomic mass is 35.5. The number of ether oxygens (including phenoxy) is 1. The number of benzene rings is 1. The molecule has 92 valence electrons. The largest absolute Gasteiger partial charge is 0.429 e. The van der Waals surface area contributed by atoms with E-state index >= 15 is 0 Å². The van der Waals surface area contributed by atoms with Crippen LogP contribution < -0.4 is 10.5 Å². The van der Waals surface area contributed by atoms with Gasteiger partial charge in [-0.05, 0) is 43.2 Å². The van der Waals surface area contributed by atoms with Gasteiger partial charge >= 0.3 is 0 Å². The van der Waals surface area contributed by atoms with Crippen molar-refractivity contribution in [3.8, 4) is 11.7 Å². The predicted octanol–water partition coefficient (Wildman–Crippen LogP) is 3.57. The maximum Gasteiger partial charge on any atom is 0.290 e. The Morgan fingerprint density at radius 2 is 1.76 bits per heavy atom. The van der Waals surface area contributed by atoms with E-state index in [2.05, 4.69) is 6.07 Å². The summed E-state index contributed by atoms with van der Waals surface area (Å²) in [5, 5.41) is 0. The Hall–Kier alpha value is -1.45. The molecule has 0 bridgehead atoms. The molecular weight excluding hydrogens is 238 g/mol. The first-order valence-corrected chi connectivity index (χ1v) is 5.22. The third-order valence-corrected chi connectivity index (χ3v) is 2.25. The van der Waals surface area contributed by atoms with E-state index < -0.39 is 0 Å². The van der Waals surface area contributed by atoms with Crippen molar-refractivity contribution in [2.45, 2.75) is 20.4 Å². The quantitative estimate of drug-likeness (QED) is 0.910. The fourth-order valence-corrected chi connectivity index (χ4v) is 1.63. The van der Waals surface area contributed by atoms with Gasteiger partial charge in [-0.1, -0.05) is 6.07 Å². The molecule has 1 heterocycles. The minimum absolute atomic E-state index is 0. The predicted molar refractivity (Wildman–Crippen MR) is 69.8 cm³/mol. The van der Waals surface area contributed by atoms with Crippen LogP contribution in [0, 0.1) is 13.8 Å². The molecule has 0 radical (unpaired) electrons. The number of hydrogen-bond acceptors (Lipinski definition) is 3. The van der Waals surface area contributed by atoms with Crippen LogP contribution in [0.1, 0.15) is 16.9 Å². The van der Waals surface area contributed by atoms with Crippen molar-refractivity contribution in [1.29, 1.82) is 0 Å². The minimum atomic E-state index is 0. The van der Waals surface area contributed by atoms with E-state index in [0.29, 0.717) is 12.5 Å². The molecule has 17 heavy (non-hydrogen) atoms. The van der Waals surface area contributed by atoms with Crippen LogP contribution >= 0.6 is 12.4 Å². The van der Waals surface area contributed by atoms with Crippen LogP contribution in [0.2, 0.25) is 0 Å². The zero-order chi connectivity index (χ0) is 11.5. The van der Waals surface area contributed by atoms with Gasteiger partial charge in [0.25, 0.3) is 5.95 Å². The van der Waals surface area contributed by atoms with E-state index in [4.69, 9.17) is 14.9 Å². The van der Waals surface area contributed by atoms with Crippen molar-refractivity contribution in [1.82, 2.24) is 0 Å². The minimum Gasteiger partial charge on any atom is -0.429 e. The Bertz CT molecular complexity index is 474. The molecule has 0 spiro atoms. The van der Waals surface area contributed by atoms with Crippen molar-refractivity contribution < 1.29 is 9.15 Å². The third-order valence-electron chi connectivity index (χ3n) is 2.25. The summed E-state index contributed by atoms with van der Waals surface area (Å²) in [7, 11) is 0. The Morgan fingerprint density at radius 1 is 1.12 bits per heavy atom. The molecule has 0 fully saturated rings. The van der Waals surface area contributed by atoms with Crippen molar-refractivity contribution >= 4 is 12.4 Å². The number of furan rings is 1. The lowest BCUT2D eigenvalue weighted by atomic mass is 10.1. The standard InChI is InChI=1S/C13H15NO2.ClH/c1-9-5-10(2)7-12(6-9)16-13-4-3-11(8-14)15-13;/h3-7H,8,14H2,1-2H3;1H. The van der Waals surface area contributed by atoms with Crippen molar-refractivity contribution in [2.75, 3.05) is 0 Å². The molecule has 2 rings (SSSR count). The lowest BCUT2D eigenvalue weighted by Gasteiger charge is -2.04. The lowest BCUT2D eigenvalue weighted by Crippen LogP contribution is -1.92. The monoisotopic (exact) mass is 253 g/mol. The fourth-order valence-electron chi connectivity index (χ4n) is 1.63. The average molecular weight is 254 g/mol. The van der Waals surface area contributed by atoms with Crippen LogP contribution in [0.5, 0.6) is 11.7 Å². The van der Waals surface area contributed by atoms with Gasteiger partial charge in [0.15, 0.2) is 0 Å². The van der Waals surface area contributed by atoms with Crippen LogP contribution in [-0.4, -0.2) is 0 Å². The summed E-state index contributed by atoms with van der Waals surface area (Å²) in [5.74, 6) is 1.99. The zero-order valence-electron chi connectivity index (χ0n) is 9.90. The van der Waals surface area contributed by atoms with Gasteiger partial charge in [-0.25, -0.2) is 0 Å². The Labute approximate surface area is 107 Å². The second-order valence-electron chi connectivity index (χ2n) is 3.85. The summed E-state index contributed by atoms with van der Waals surface area (Å²) in [5.41, 5.74) is 7.79. The maximum absolute atomic E-state index is 5.60. The summed E-state index contributed by atoms with van der Waals surface area (Å²) in [6.45, 7) is 4.46. The van der Waals surface area contributed by atoms with E-state index in [9.17, 15) is 0 Å². The summed E-state index contributed by atoms with van der Waals surface area (Å²) in [6.07, 6.45) is 0. The molecule has 1 aromatic carbocycles. The smallest absolute Gasteiger partial charge is 0.290 e. The summed E-state index contributed by atoms with van der Waals surface area (Å²) < 4.78 is 11.0. The van der Waals surface area contributed by atoms with Crippen LogP contribution in [-0.2, 0) is 6.54 Å². The second-order valence-corrected chi connectivity index (χ2v) is 3.85. The highest BCUT2D eigenvalue weighted by molar-refractivity contribution is 5.85. The normalized spacial score (nSPS) is 9.82. The Morgan fingerprint density at radius 3 is 2.29 bits per heavy atom. The topological polar surface area (TPSA) is 48.4 Å². The lowest BCUT2D eigenvalue weighted by molar-refractivity contribution is 0.332. The van der Waals surface area contributed by atoms with E-state index in [1.165, 1.54) is 11.1 Å². The Balaban J connectivity index is 0.00000144. The van der Waals surface area contributed by atoms with E-state index in [0.717, 1.165) is 11.5 Å². The average Bonchev–Trinajstić information content (AvgIpc) is 2.64. The van der Waals surface area contributed by atoms with Gasteiger partial charge in [0.1, 0.15) is 11.5 Å². The van der Waals surface area contributed by atoms with Crippen molar-refractivity contribution in [3.63, 3.8) is 0 Å². The molecular formula is C13H16ClNO2. The van der Waals surface area contributed by atoms with Crippen LogP contribution in [0.4, 0.5) is 0 Å². The molecule has 0 aliphatic heterocycles. The van der Waals surface area contributed by atoms with E-state index in [1.807, 2.05) is 32.0 Å². The molecule has 2 aromatic rings. The first-order valence-electron chi connectivity index (χ1n) is 5.22. The number of rotatable bonds is 3. The first-order chi connectivity index (χ1) is 7.67. The van der Waals surface area contributed by atoms with Gasteiger partial charge in [-0.3, -0.25) is 0 Å². The molecule has 0 aliphatic rings. The fraction of sp³-hybridized carbons (Fsp3) is 0.231. The van der Waals surface area contributed by atoms with Crippen LogP contribution in [0.3, 0.4) is 0 Å². The van der Waals surface area contributed by atoms with Gasteiger partial charge < -0.3 is 14.9 Å². The first kappa shape index (κ1) is 13.6. The molecule has 3 nitrogen and oxygen atoms in total. The van der Waals surface area contributed by atoms with Gasteiger partial charge in [-0.15, -0.1) is 12.4 Å². The molecule has 0 amide bonds. The molecule has 1 aromatic heterocycles. The third kappa shape index (κ3) is 3.51. The van der Waals surface area contributed by atoms with Gasteiger partial charge in [-0.2, -0.15) is 0 Å². The van der Waals surface area contributed by atoms with Crippen LogP contribution in [0.15, 0.2) is 34.7 Å². The highest BCUT2D eigenvalue weighted by Crippen LogP contribution is 2.25. The number of nitrogens with two attached hydrogens (primary N) is 1. The van der Waals surface area contributed by atoms with Gasteiger partial charge in [0.2, 0.25) is 0 Å². The maximum atomic E-state index is 5.60. The second kappa shape index (κ2) is 5.75. The molecule has 0 atom stereocenters. The number of halogens is 1. The number of aryl methyl sites for hydroxylation is 2. The molecule has 0 saturated carbocycles. The van der Waals surface area contributed by atoms with Crippen molar-refractivity contribution in [2.24, 2.45) is 5.73 Å². The molecule has 2 N–H and O–H groups in total. The number of hydrogen-bond donors (Lipinski definition) is 1. The van der Waals surface area contributed by atoms with Gasteiger partial charge in [0.05, 0.1) is 6.54 Å².